The van der Waals surface area contributed by atoms with Crippen molar-refractivity contribution in [2.75, 3.05) is 31.2 Å². The average Bonchev–Trinajstić information content (AvgIpc) is 2.40. The summed E-state index contributed by atoms with van der Waals surface area (Å²) in [5.41, 5.74) is 0. The Morgan fingerprint density at radius 1 is 1.72 bits per heavy atom. The van der Waals surface area contributed by atoms with Gasteiger partial charge in [0.05, 0.1) is 17.7 Å². The molecular weight excluding hydrogens is 298 g/mol. The van der Waals surface area contributed by atoms with Gasteiger partial charge in [-0.25, -0.2) is 4.98 Å². The van der Waals surface area contributed by atoms with Crippen LogP contribution in [0.15, 0.2) is 22.8 Å². The zero-order valence-electron chi connectivity index (χ0n) is 10.2. The van der Waals surface area contributed by atoms with E-state index in [9.17, 15) is 4.79 Å². The second kappa shape index (κ2) is 6.15. The van der Waals surface area contributed by atoms with Gasteiger partial charge in [-0.2, -0.15) is 0 Å². The van der Waals surface area contributed by atoms with E-state index in [0.717, 1.165) is 10.3 Å². The number of aromatic nitrogens is 1. The van der Waals surface area contributed by atoms with E-state index < -0.39 is 0 Å². The van der Waals surface area contributed by atoms with Crippen LogP contribution in [0.4, 0.5) is 5.82 Å². The summed E-state index contributed by atoms with van der Waals surface area (Å²) in [4.78, 5) is 18.3. The Hall–Kier alpha value is -1.14. The van der Waals surface area contributed by atoms with Gasteiger partial charge in [0.15, 0.2) is 0 Å². The molecule has 1 unspecified atom stereocenters. The lowest BCUT2D eigenvalue weighted by Crippen LogP contribution is -2.54. The maximum atomic E-state index is 12.0. The van der Waals surface area contributed by atoms with Crippen LogP contribution in [0, 0.1) is 0 Å². The molecule has 0 radical (unpaired) electrons. The van der Waals surface area contributed by atoms with Gasteiger partial charge in [0.1, 0.15) is 11.9 Å². The SMILES string of the molecule is CCNC(=O)C1COCCN1c1ncccc1Br. The van der Waals surface area contributed by atoms with Crippen LogP contribution < -0.4 is 10.2 Å². The monoisotopic (exact) mass is 313 g/mol. The first-order valence-electron chi connectivity index (χ1n) is 5.96. The molecule has 1 N–H and O–H groups in total. The molecule has 5 nitrogen and oxygen atoms in total. The van der Waals surface area contributed by atoms with Gasteiger partial charge >= 0.3 is 0 Å². The minimum atomic E-state index is -0.315. The average molecular weight is 314 g/mol. The van der Waals surface area contributed by atoms with E-state index >= 15 is 0 Å². The van der Waals surface area contributed by atoms with Crippen LogP contribution in [0.5, 0.6) is 0 Å². The van der Waals surface area contributed by atoms with E-state index in [0.29, 0.717) is 26.3 Å². The number of rotatable bonds is 3. The third kappa shape index (κ3) is 2.81. The number of likely N-dealkylation sites (N-methyl/N-ethyl adjacent to an activating group) is 1. The molecule has 1 aromatic heterocycles. The van der Waals surface area contributed by atoms with Gasteiger partial charge in [0.2, 0.25) is 5.91 Å². The molecule has 6 heteroatoms. The molecule has 0 bridgehead atoms. The Morgan fingerprint density at radius 3 is 3.28 bits per heavy atom. The normalized spacial score (nSPS) is 19.7. The van der Waals surface area contributed by atoms with Gasteiger partial charge in [-0.1, -0.05) is 0 Å². The summed E-state index contributed by atoms with van der Waals surface area (Å²) in [6, 6.07) is 3.46. The number of hydrogen-bond donors (Lipinski definition) is 1. The maximum absolute atomic E-state index is 12.0. The van der Waals surface area contributed by atoms with Crippen molar-refractivity contribution >= 4 is 27.7 Å². The minimum absolute atomic E-state index is 0.0187. The number of nitrogens with zero attached hydrogens (tertiary/aromatic N) is 2. The van der Waals surface area contributed by atoms with Crippen molar-refractivity contribution in [3.8, 4) is 0 Å². The van der Waals surface area contributed by atoms with Crippen LogP contribution in [0.1, 0.15) is 6.92 Å². The van der Waals surface area contributed by atoms with Crippen molar-refractivity contribution in [1.82, 2.24) is 10.3 Å². The quantitative estimate of drug-likeness (QED) is 0.910. The van der Waals surface area contributed by atoms with Crippen LogP contribution >= 0.6 is 15.9 Å². The Bertz CT molecular complexity index is 428. The summed E-state index contributed by atoms with van der Waals surface area (Å²) < 4.78 is 6.29. The molecular formula is C12H16BrN3O2. The van der Waals surface area contributed by atoms with Gasteiger partial charge in [-0.3, -0.25) is 4.79 Å². The smallest absolute Gasteiger partial charge is 0.245 e. The van der Waals surface area contributed by atoms with E-state index in [1.807, 2.05) is 24.0 Å². The lowest BCUT2D eigenvalue weighted by atomic mass is 10.2. The van der Waals surface area contributed by atoms with Crippen LogP contribution in [-0.2, 0) is 9.53 Å². The molecule has 18 heavy (non-hydrogen) atoms. The van der Waals surface area contributed by atoms with E-state index in [1.165, 1.54) is 0 Å². The van der Waals surface area contributed by atoms with Gasteiger partial charge in [0, 0.05) is 19.3 Å². The van der Waals surface area contributed by atoms with Crippen LogP contribution in [0.25, 0.3) is 0 Å². The summed E-state index contributed by atoms with van der Waals surface area (Å²) in [6.45, 7) is 4.19. The van der Waals surface area contributed by atoms with Gasteiger partial charge in [-0.05, 0) is 35.0 Å². The number of carbonyl (C=O) groups is 1. The zero-order chi connectivity index (χ0) is 13.0. The summed E-state index contributed by atoms with van der Waals surface area (Å²) >= 11 is 3.47. The van der Waals surface area contributed by atoms with Gasteiger partial charge in [-0.15, -0.1) is 0 Å². The summed E-state index contributed by atoms with van der Waals surface area (Å²) in [7, 11) is 0. The lowest BCUT2D eigenvalue weighted by Gasteiger charge is -2.35. The Balaban J connectivity index is 2.23. The highest BCUT2D eigenvalue weighted by Crippen LogP contribution is 2.26. The fourth-order valence-corrected chi connectivity index (χ4v) is 2.44. The molecule has 1 fully saturated rings. The van der Waals surface area contributed by atoms with Crippen molar-refractivity contribution in [3.63, 3.8) is 0 Å². The van der Waals surface area contributed by atoms with Crippen LogP contribution in [0.3, 0.4) is 0 Å². The highest BCUT2D eigenvalue weighted by molar-refractivity contribution is 9.10. The second-order valence-corrected chi connectivity index (χ2v) is 4.84. The molecule has 0 aliphatic carbocycles. The van der Waals surface area contributed by atoms with Crippen molar-refractivity contribution in [1.29, 1.82) is 0 Å². The molecule has 1 aliphatic rings. The Morgan fingerprint density at radius 2 is 2.56 bits per heavy atom. The van der Waals surface area contributed by atoms with E-state index in [2.05, 4.69) is 26.2 Å². The number of carbonyl (C=O) groups excluding carboxylic acids is 1. The maximum Gasteiger partial charge on any atom is 0.245 e. The zero-order valence-corrected chi connectivity index (χ0v) is 11.8. The fraction of sp³-hybridized carbons (Fsp3) is 0.500. The van der Waals surface area contributed by atoms with Crippen molar-refractivity contribution < 1.29 is 9.53 Å². The second-order valence-electron chi connectivity index (χ2n) is 3.99. The summed E-state index contributed by atoms with van der Waals surface area (Å²) in [5, 5.41) is 2.83. The van der Waals surface area contributed by atoms with Gasteiger partial charge < -0.3 is 15.0 Å². The fourth-order valence-electron chi connectivity index (χ4n) is 1.96. The number of pyridine rings is 1. The molecule has 1 amide bonds. The molecule has 2 heterocycles. The van der Waals surface area contributed by atoms with E-state index in [4.69, 9.17) is 4.74 Å². The molecule has 0 aromatic carbocycles. The molecule has 1 aromatic rings. The first-order chi connectivity index (χ1) is 8.74. The molecule has 98 valence electrons. The first kappa shape index (κ1) is 13.3. The highest BCUT2D eigenvalue weighted by atomic mass is 79.9. The van der Waals surface area contributed by atoms with Crippen LogP contribution in [-0.4, -0.2) is 43.2 Å². The van der Waals surface area contributed by atoms with Gasteiger partial charge in [0.25, 0.3) is 0 Å². The largest absolute Gasteiger partial charge is 0.377 e. The highest BCUT2D eigenvalue weighted by Gasteiger charge is 2.30. The topological polar surface area (TPSA) is 54.5 Å². The third-order valence-corrected chi connectivity index (χ3v) is 3.41. The van der Waals surface area contributed by atoms with Crippen molar-refractivity contribution in [2.24, 2.45) is 0 Å². The minimum Gasteiger partial charge on any atom is -0.377 e. The van der Waals surface area contributed by atoms with E-state index in [-0.39, 0.29) is 11.9 Å². The number of nitrogens with one attached hydrogen (secondary N) is 1. The lowest BCUT2D eigenvalue weighted by molar-refractivity contribution is -0.124. The molecule has 0 spiro atoms. The molecule has 1 saturated heterocycles. The Labute approximate surface area is 115 Å². The number of ether oxygens (including phenoxy) is 1. The molecule has 0 saturated carbocycles. The predicted molar refractivity (Wildman–Crippen MR) is 72.6 cm³/mol. The molecule has 1 atom stereocenters. The van der Waals surface area contributed by atoms with Crippen LogP contribution in [0.2, 0.25) is 0 Å². The number of amides is 1. The third-order valence-electron chi connectivity index (χ3n) is 2.79. The number of halogens is 1. The van der Waals surface area contributed by atoms with E-state index in [1.54, 1.807) is 6.20 Å². The van der Waals surface area contributed by atoms with Crippen molar-refractivity contribution in [3.05, 3.63) is 22.8 Å². The summed E-state index contributed by atoms with van der Waals surface area (Å²) in [6.07, 6.45) is 1.73. The molecule has 1 aliphatic heterocycles. The molecule has 2 rings (SSSR count). The standard InChI is InChI=1S/C12H16BrN3O2/c1-2-14-12(17)10-8-18-7-6-16(10)11-9(13)4-3-5-15-11/h3-5,10H,2,6-8H2,1H3,(H,14,17). The Kier molecular flexibility index (Phi) is 4.54. The first-order valence-corrected chi connectivity index (χ1v) is 6.76. The number of morpholine rings is 1. The predicted octanol–water partition coefficient (Wildman–Crippen LogP) is 1.19. The van der Waals surface area contributed by atoms with Crippen molar-refractivity contribution in [2.45, 2.75) is 13.0 Å². The number of anilines is 1. The number of hydrogen-bond acceptors (Lipinski definition) is 4. The summed E-state index contributed by atoms with van der Waals surface area (Å²) in [5.74, 6) is 0.770.